The van der Waals surface area contributed by atoms with E-state index in [2.05, 4.69) is 0 Å². The Labute approximate surface area is 216 Å². The average Bonchev–Trinajstić information content (AvgIpc) is 3.12. The molecule has 2 aliphatic heterocycles. The first kappa shape index (κ1) is 24.8. The highest BCUT2D eigenvalue weighted by Crippen LogP contribution is 2.38. The van der Waals surface area contributed by atoms with Crippen LogP contribution in [0.15, 0.2) is 41.3 Å². The number of carbonyl (C=O) groups is 2. The highest BCUT2D eigenvalue weighted by molar-refractivity contribution is 8.27. The van der Waals surface area contributed by atoms with Crippen molar-refractivity contribution in [3.8, 4) is 11.5 Å². The van der Waals surface area contributed by atoms with Crippen molar-refractivity contribution in [2.75, 3.05) is 44.9 Å². The molecule has 4 rings (SSSR count). The van der Waals surface area contributed by atoms with Crippen LogP contribution in [0.2, 0.25) is 10.0 Å². The number of rotatable bonds is 6. The van der Waals surface area contributed by atoms with E-state index in [-0.39, 0.29) is 18.4 Å². The number of methoxy groups -OCH3 is 1. The van der Waals surface area contributed by atoms with Crippen molar-refractivity contribution in [3.63, 3.8) is 0 Å². The van der Waals surface area contributed by atoms with Crippen molar-refractivity contribution in [1.82, 2.24) is 4.90 Å². The van der Waals surface area contributed by atoms with Crippen LogP contribution in [0.3, 0.4) is 0 Å². The molecule has 0 aromatic heterocycles. The lowest BCUT2D eigenvalue weighted by atomic mass is 10.2. The molecule has 11 heteroatoms. The molecule has 7 nitrogen and oxygen atoms in total. The first-order valence-corrected chi connectivity index (χ1v) is 12.2. The molecule has 34 heavy (non-hydrogen) atoms. The summed E-state index contributed by atoms with van der Waals surface area (Å²) >= 11 is 18.7. The van der Waals surface area contributed by atoms with Crippen molar-refractivity contribution in [2.24, 2.45) is 0 Å². The number of halogens is 2. The molecule has 0 bridgehead atoms. The first-order valence-electron chi connectivity index (χ1n) is 10.3. The molecular weight excluding hydrogens is 519 g/mol. The molecular formula is C23H20Cl2N2O5S2. The molecule has 2 heterocycles. The summed E-state index contributed by atoms with van der Waals surface area (Å²) in [7, 11) is 1.51. The minimum absolute atomic E-state index is 0.0992. The molecule has 2 aliphatic rings. The van der Waals surface area contributed by atoms with Crippen molar-refractivity contribution in [2.45, 2.75) is 0 Å². The van der Waals surface area contributed by atoms with Gasteiger partial charge in [-0.15, -0.1) is 0 Å². The van der Waals surface area contributed by atoms with Crippen LogP contribution >= 0.6 is 47.2 Å². The van der Waals surface area contributed by atoms with Crippen LogP contribution in [0.5, 0.6) is 11.5 Å². The fourth-order valence-electron chi connectivity index (χ4n) is 3.40. The number of nitrogens with zero attached hydrogens (tertiary/aromatic N) is 2. The van der Waals surface area contributed by atoms with Gasteiger partial charge in [0.05, 0.1) is 41.0 Å². The number of thiocarbonyl (C=S) groups is 1. The summed E-state index contributed by atoms with van der Waals surface area (Å²) in [5.41, 5.74) is 1.27. The highest BCUT2D eigenvalue weighted by Gasteiger charge is 2.33. The third-order valence-electron chi connectivity index (χ3n) is 5.16. The van der Waals surface area contributed by atoms with Crippen LogP contribution < -0.4 is 14.4 Å². The predicted molar refractivity (Wildman–Crippen MR) is 138 cm³/mol. The van der Waals surface area contributed by atoms with Gasteiger partial charge in [-0.2, -0.15) is 0 Å². The van der Waals surface area contributed by atoms with Crippen molar-refractivity contribution in [3.05, 3.63) is 56.9 Å². The second-order valence-electron chi connectivity index (χ2n) is 7.31. The molecule has 2 aromatic rings. The van der Waals surface area contributed by atoms with Crippen molar-refractivity contribution < 1.29 is 23.8 Å². The Bertz CT molecular complexity index is 1170. The SMILES string of the molecule is COc1cc(/C=C2/SC(=S)N(c3ccc(Cl)c(Cl)c3)C2=O)ccc1OCC(=O)N1CCOCC1. The van der Waals surface area contributed by atoms with E-state index in [0.29, 0.717) is 62.8 Å². The lowest BCUT2D eigenvalue weighted by Crippen LogP contribution is -2.43. The maximum absolute atomic E-state index is 13.0. The first-order chi connectivity index (χ1) is 16.4. The second-order valence-corrected chi connectivity index (χ2v) is 9.80. The Balaban J connectivity index is 1.48. The molecule has 2 fully saturated rings. The molecule has 0 N–H and O–H groups in total. The zero-order chi connectivity index (χ0) is 24.2. The van der Waals surface area contributed by atoms with E-state index in [1.165, 1.54) is 23.8 Å². The maximum Gasteiger partial charge on any atom is 0.270 e. The third kappa shape index (κ3) is 5.50. The number of thioether (sulfide) groups is 1. The van der Waals surface area contributed by atoms with Gasteiger partial charge in [0, 0.05) is 13.1 Å². The molecule has 2 aromatic carbocycles. The van der Waals surface area contributed by atoms with E-state index in [1.807, 2.05) is 0 Å². The smallest absolute Gasteiger partial charge is 0.270 e. The van der Waals surface area contributed by atoms with Gasteiger partial charge >= 0.3 is 0 Å². The summed E-state index contributed by atoms with van der Waals surface area (Å²) < 4.78 is 16.8. The highest BCUT2D eigenvalue weighted by atomic mass is 35.5. The number of carbonyl (C=O) groups excluding carboxylic acids is 2. The number of amides is 2. The summed E-state index contributed by atoms with van der Waals surface area (Å²) in [5.74, 6) is 0.511. The lowest BCUT2D eigenvalue weighted by molar-refractivity contribution is -0.137. The van der Waals surface area contributed by atoms with Crippen LogP contribution in [-0.4, -0.2) is 61.1 Å². The van der Waals surface area contributed by atoms with Crippen molar-refractivity contribution in [1.29, 1.82) is 0 Å². The molecule has 2 saturated heterocycles. The van der Waals surface area contributed by atoms with E-state index >= 15 is 0 Å². The number of hydrogen-bond acceptors (Lipinski definition) is 7. The van der Waals surface area contributed by atoms with E-state index in [4.69, 9.17) is 49.6 Å². The Kier molecular flexibility index (Phi) is 8.00. The molecule has 2 amide bonds. The van der Waals surface area contributed by atoms with Crippen LogP contribution in [0.1, 0.15) is 5.56 Å². The number of hydrogen-bond donors (Lipinski definition) is 0. The number of morpholine rings is 1. The van der Waals surface area contributed by atoms with Gasteiger partial charge in [0.25, 0.3) is 11.8 Å². The van der Waals surface area contributed by atoms with Gasteiger partial charge in [0.1, 0.15) is 0 Å². The maximum atomic E-state index is 13.0. The largest absolute Gasteiger partial charge is 0.493 e. The van der Waals surface area contributed by atoms with Crippen LogP contribution in [0.4, 0.5) is 5.69 Å². The van der Waals surface area contributed by atoms with Gasteiger partial charge in [-0.05, 0) is 42.0 Å². The molecule has 0 spiro atoms. The minimum Gasteiger partial charge on any atom is -0.493 e. The predicted octanol–water partition coefficient (Wildman–Crippen LogP) is 4.65. The fraction of sp³-hybridized carbons (Fsp3) is 0.261. The molecule has 178 valence electrons. The van der Waals surface area contributed by atoms with Crippen molar-refractivity contribution >= 4 is 75.1 Å². The summed E-state index contributed by atoms with van der Waals surface area (Å²) in [6, 6.07) is 10.1. The lowest BCUT2D eigenvalue weighted by Gasteiger charge is -2.26. The van der Waals surface area contributed by atoms with E-state index in [0.717, 1.165) is 5.56 Å². The van der Waals surface area contributed by atoms with E-state index in [1.54, 1.807) is 47.4 Å². The average molecular weight is 539 g/mol. The van der Waals surface area contributed by atoms with Gasteiger partial charge in [-0.1, -0.05) is 53.2 Å². The summed E-state index contributed by atoms with van der Waals surface area (Å²) in [5, 5.41) is 0.733. The molecule has 0 saturated carbocycles. The minimum atomic E-state index is -0.260. The second kappa shape index (κ2) is 11.0. The topological polar surface area (TPSA) is 68.3 Å². The standard InChI is InChI=1S/C23H20Cl2N2O5S2/c1-30-19-10-14(2-5-18(19)32-13-21(28)26-6-8-31-9-7-26)11-20-22(29)27(23(33)34-20)15-3-4-16(24)17(25)12-15/h2-5,10-12H,6-9,13H2,1H3/b20-11+. The quantitative estimate of drug-likeness (QED) is 0.391. The van der Waals surface area contributed by atoms with Gasteiger partial charge in [-0.25, -0.2) is 0 Å². The Morgan fingerprint density at radius 1 is 1.15 bits per heavy atom. The van der Waals surface area contributed by atoms with Gasteiger partial charge in [0.15, 0.2) is 22.4 Å². The van der Waals surface area contributed by atoms with Crippen LogP contribution in [0, 0.1) is 0 Å². The molecule has 0 atom stereocenters. The number of anilines is 1. The van der Waals surface area contributed by atoms with Gasteiger partial charge in [-0.3, -0.25) is 14.5 Å². The Morgan fingerprint density at radius 3 is 2.62 bits per heavy atom. The van der Waals surface area contributed by atoms with E-state index in [9.17, 15) is 9.59 Å². The monoisotopic (exact) mass is 538 g/mol. The summed E-state index contributed by atoms with van der Waals surface area (Å²) in [6.45, 7) is 2.07. The molecule has 0 unspecified atom stereocenters. The Morgan fingerprint density at radius 2 is 1.91 bits per heavy atom. The van der Waals surface area contributed by atoms with Gasteiger partial charge in [0.2, 0.25) is 0 Å². The fourth-order valence-corrected chi connectivity index (χ4v) is 4.99. The zero-order valence-corrected chi connectivity index (χ0v) is 21.2. The van der Waals surface area contributed by atoms with Crippen LogP contribution in [0.25, 0.3) is 6.08 Å². The number of ether oxygens (including phenoxy) is 3. The zero-order valence-electron chi connectivity index (χ0n) is 18.1. The Hall–Kier alpha value is -2.30. The normalized spacial score (nSPS) is 17.4. The van der Waals surface area contributed by atoms with Gasteiger partial charge < -0.3 is 19.1 Å². The van der Waals surface area contributed by atoms with Crippen LogP contribution in [-0.2, 0) is 14.3 Å². The molecule has 0 aliphatic carbocycles. The summed E-state index contributed by atoms with van der Waals surface area (Å²) in [4.78, 5) is 29.0. The third-order valence-corrected chi connectivity index (χ3v) is 7.20. The van der Waals surface area contributed by atoms with E-state index < -0.39 is 0 Å². The number of benzene rings is 2. The molecule has 0 radical (unpaired) electrons. The summed E-state index contributed by atoms with van der Waals surface area (Å²) in [6.07, 6.45) is 1.72.